The number of aromatic nitrogens is 1. The molecule has 0 aliphatic rings. The van der Waals surface area contributed by atoms with Crippen molar-refractivity contribution in [1.82, 2.24) is 15.6 Å². The quantitative estimate of drug-likeness (QED) is 0.180. The van der Waals surface area contributed by atoms with Crippen LogP contribution in [0.25, 0.3) is 0 Å². The summed E-state index contributed by atoms with van der Waals surface area (Å²) in [5.41, 5.74) is 4.53. The molecule has 1 rings (SSSR count). The van der Waals surface area contributed by atoms with E-state index in [0.717, 1.165) is 11.3 Å². The largest absolute Gasteiger partial charge is 0.476 e. The highest BCUT2D eigenvalue weighted by molar-refractivity contribution is 7.09. The molecule has 1 aromatic heterocycles. The van der Waals surface area contributed by atoms with E-state index in [1.54, 1.807) is 26.0 Å². The summed E-state index contributed by atoms with van der Waals surface area (Å²) in [7, 11) is 0. The fourth-order valence-electron chi connectivity index (χ4n) is 2.43. The Morgan fingerprint density at radius 3 is 2.52 bits per heavy atom. The van der Waals surface area contributed by atoms with Gasteiger partial charge in [0.1, 0.15) is 17.2 Å². The summed E-state index contributed by atoms with van der Waals surface area (Å²) in [4.78, 5) is 52.2. The van der Waals surface area contributed by atoms with Crippen molar-refractivity contribution in [1.29, 1.82) is 0 Å². The standard InChI is InChI=1S/C21H31ClN4O6S/c1-12(2)17(26-20(31)21(3,4)23)19(30)32-13(7-5-6-8-22)9-15(27)24-10-16-25-14(11-33-16)18(28)29/h5,7,11-13,17H,6,8-10,23H2,1-4H3,(H,24,27)(H,26,31)(H,28,29)/t13-,17+/m1/s1. The Hall–Kier alpha value is -2.50. The van der Waals surface area contributed by atoms with Gasteiger partial charge in [0, 0.05) is 11.3 Å². The van der Waals surface area contributed by atoms with Gasteiger partial charge in [-0.3, -0.25) is 9.59 Å². The lowest BCUT2D eigenvalue weighted by Gasteiger charge is -2.26. The molecule has 0 bridgehead atoms. The highest BCUT2D eigenvalue weighted by atomic mass is 35.5. The van der Waals surface area contributed by atoms with Crippen molar-refractivity contribution in [3.63, 3.8) is 0 Å². The third-order valence-corrected chi connectivity index (χ3v) is 5.35. The number of nitrogens with two attached hydrogens (primary N) is 1. The van der Waals surface area contributed by atoms with Crippen LogP contribution in [0.3, 0.4) is 0 Å². The molecule has 10 nitrogen and oxygen atoms in total. The first-order valence-electron chi connectivity index (χ1n) is 10.3. The molecule has 2 amide bonds. The van der Waals surface area contributed by atoms with E-state index in [-0.39, 0.29) is 24.6 Å². The molecule has 0 radical (unpaired) electrons. The number of carbonyl (C=O) groups is 4. The molecule has 0 unspecified atom stereocenters. The van der Waals surface area contributed by atoms with Crippen LogP contribution in [0, 0.1) is 5.92 Å². The van der Waals surface area contributed by atoms with Crippen LogP contribution >= 0.6 is 22.9 Å². The SMILES string of the molecule is CC(C)[C@H](NC(=O)C(C)(C)N)C(=O)O[C@H](C=CCCCl)CC(=O)NCc1nc(C(=O)O)cs1. The van der Waals surface area contributed by atoms with E-state index >= 15 is 0 Å². The molecule has 0 aromatic carbocycles. The molecule has 2 atom stereocenters. The number of thiazole rings is 1. The fourth-order valence-corrected chi connectivity index (χ4v) is 3.26. The minimum Gasteiger partial charge on any atom is -0.476 e. The summed E-state index contributed by atoms with van der Waals surface area (Å²) in [5, 5.41) is 16.0. The van der Waals surface area contributed by atoms with Gasteiger partial charge in [0.15, 0.2) is 5.69 Å². The number of halogens is 1. The van der Waals surface area contributed by atoms with E-state index < -0.39 is 41.4 Å². The average molecular weight is 503 g/mol. The maximum atomic E-state index is 12.8. The first-order valence-corrected chi connectivity index (χ1v) is 11.7. The van der Waals surface area contributed by atoms with Crippen molar-refractivity contribution >= 4 is 46.7 Å². The molecule has 0 spiro atoms. The molecular formula is C21H31ClN4O6S. The number of rotatable bonds is 13. The number of carbonyl (C=O) groups excluding carboxylic acids is 3. The molecule has 0 aliphatic carbocycles. The molecule has 5 N–H and O–H groups in total. The predicted octanol–water partition coefficient (Wildman–Crippen LogP) is 1.82. The normalized spacial score (nSPS) is 13.5. The third kappa shape index (κ3) is 10.3. The molecule has 0 saturated carbocycles. The zero-order valence-corrected chi connectivity index (χ0v) is 20.7. The number of carboxylic acids is 1. The van der Waals surface area contributed by atoms with E-state index in [0.29, 0.717) is 17.3 Å². The average Bonchev–Trinajstić information content (AvgIpc) is 3.18. The van der Waals surface area contributed by atoms with Crippen LogP contribution in [-0.2, 0) is 25.7 Å². The van der Waals surface area contributed by atoms with Crippen molar-refractivity contribution in [3.05, 3.63) is 28.2 Å². The lowest BCUT2D eigenvalue weighted by Crippen LogP contribution is -2.56. The lowest BCUT2D eigenvalue weighted by atomic mass is 10.0. The zero-order chi connectivity index (χ0) is 25.2. The first kappa shape index (κ1) is 28.5. The second kappa shape index (κ2) is 13.3. The van der Waals surface area contributed by atoms with E-state index in [1.807, 2.05) is 0 Å². The van der Waals surface area contributed by atoms with E-state index in [4.69, 9.17) is 27.2 Å². The minimum atomic E-state index is -1.18. The van der Waals surface area contributed by atoms with Crippen molar-refractivity contribution in [2.45, 2.75) is 64.8 Å². The van der Waals surface area contributed by atoms with Crippen LogP contribution in [0.15, 0.2) is 17.5 Å². The Labute approximate surface area is 201 Å². The number of hydrogen-bond acceptors (Lipinski definition) is 8. The molecule has 0 saturated heterocycles. The first-order chi connectivity index (χ1) is 15.3. The van der Waals surface area contributed by atoms with Crippen molar-refractivity contribution in [2.75, 3.05) is 5.88 Å². The van der Waals surface area contributed by atoms with Gasteiger partial charge < -0.3 is 26.2 Å². The van der Waals surface area contributed by atoms with Gasteiger partial charge in [-0.2, -0.15) is 0 Å². The molecule has 1 heterocycles. The highest BCUT2D eigenvalue weighted by Gasteiger charge is 2.32. The number of carboxylic acid groups (broad SMARTS) is 1. The van der Waals surface area contributed by atoms with E-state index in [2.05, 4.69) is 15.6 Å². The summed E-state index contributed by atoms with van der Waals surface area (Å²) in [5.74, 6) is -2.70. The number of hydrogen-bond donors (Lipinski definition) is 4. The van der Waals surface area contributed by atoms with Gasteiger partial charge in [0.25, 0.3) is 0 Å². The van der Waals surface area contributed by atoms with Crippen molar-refractivity contribution in [2.24, 2.45) is 11.7 Å². The Bertz CT molecular complexity index is 865. The second-order valence-electron chi connectivity index (χ2n) is 8.21. The van der Waals surface area contributed by atoms with Gasteiger partial charge >= 0.3 is 11.9 Å². The lowest BCUT2D eigenvalue weighted by molar-refractivity contribution is -0.153. The molecular weight excluding hydrogens is 472 g/mol. The maximum absolute atomic E-state index is 12.8. The Kier molecular flexibility index (Phi) is 11.5. The Morgan fingerprint density at radius 1 is 1.33 bits per heavy atom. The summed E-state index contributed by atoms with van der Waals surface area (Å²) in [6.07, 6.45) is 2.71. The predicted molar refractivity (Wildman–Crippen MR) is 125 cm³/mol. The number of alkyl halides is 1. The van der Waals surface area contributed by atoms with Crippen LogP contribution < -0.4 is 16.4 Å². The van der Waals surface area contributed by atoms with Crippen molar-refractivity contribution < 1.29 is 29.0 Å². The molecule has 1 aromatic rings. The fraction of sp³-hybridized carbons (Fsp3) is 0.571. The minimum absolute atomic E-state index is 0.0408. The summed E-state index contributed by atoms with van der Waals surface area (Å²) >= 11 is 6.79. The molecule has 0 aliphatic heterocycles. The van der Waals surface area contributed by atoms with Gasteiger partial charge in [-0.15, -0.1) is 22.9 Å². The number of aromatic carboxylic acids is 1. The van der Waals surface area contributed by atoms with E-state index in [1.165, 1.54) is 19.2 Å². The van der Waals surface area contributed by atoms with Gasteiger partial charge in [0.2, 0.25) is 11.8 Å². The summed E-state index contributed by atoms with van der Waals surface area (Å²) < 4.78 is 5.52. The topological polar surface area (TPSA) is 161 Å². The highest BCUT2D eigenvalue weighted by Crippen LogP contribution is 2.12. The second-order valence-corrected chi connectivity index (χ2v) is 9.53. The van der Waals surface area contributed by atoms with Gasteiger partial charge in [-0.05, 0) is 32.3 Å². The molecule has 12 heteroatoms. The smallest absolute Gasteiger partial charge is 0.355 e. The molecule has 33 heavy (non-hydrogen) atoms. The van der Waals surface area contributed by atoms with Gasteiger partial charge in [-0.1, -0.05) is 19.9 Å². The number of esters is 1. The third-order valence-electron chi connectivity index (χ3n) is 4.28. The van der Waals surface area contributed by atoms with Crippen LogP contribution in [-0.4, -0.2) is 57.4 Å². The maximum Gasteiger partial charge on any atom is 0.355 e. The van der Waals surface area contributed by atoms with Gasteiger partial charge in [0.05, 0.1) is 18.5 Å². The summed E-state index contributed by atoms with van der Waals surface area (Å²) in [6.45, 7) is 6.59. The number of nitrogens with one attached hydrogen (secondary N) is 2. The number of ether oxygens (including phenoxy) is 1. The molecule has 184 valence electrons. The zero-order valence-electron chi connectivity index (χ0n) is 19.1. The number of amides is 2. The van der Waals surface area contributed by atoms with E-state index in [9.17, 15) is 19.2 Å². The van der Waals surface area contributed by atoms with Crippen LogP contribution in [0.5, 0.6) is 0 Å². The number of allylic oxidation sites excluding steroid dienone is 1. The number of nitrogens with zero attached hydrogens (tertiary/aromatic N) is 1. The summed E-state index contributed by atoms with van der Waals surface area (Å²) in [6, 6.07) is -0.947. The van der Waals surface area contributed by atoms with Crippen LogP contribution in [0.4, 0.5) is 0 Å². The van der Waals surface area contributed by atoms with Crippen LogP contribution in [0.1, 0.15) is 56.0 Å². The van der Waals surface area contributed by atoms with Crippen molar-refractivity contribution in [3.8, 4) is 0 Å². The monoisotopic (exact) mass is 502 g/mol. The Morgan fingerprint density at radius 2 is 2.00 bits per heavy atom. The molecule has 0 fully saturated rings. The Balaban J connectivity index is 2.81. The van der Waals surface area contributed by atoms with Gasteiger partial charge in [-0.25, -0.2) is 14.6 Å². The van der Waals surface area contributed by atoms with Crippen LogP contribution in [0.2, 0.25) is 0 Å².